The Labute approximate surface area is 118 Å². The number of hydrogen-bond acceptors (Lipinski definition) is 1. The van der Waals surface area contributed by atoms with E-state index < -0.39 is 0 Å². The molecule has 0 saturated heterocycles. The van der Waals surface area contributed by atoms with Crippen LogP contribution in [0.1, 0.15) is 62.1 Å². The molecule has 0 spiro atoms. The standard InChI is InChI=1S/C18H27N/c1-14(2)17-8-7-16-9-10-19(13-18(16)11-17)12-15-5-3-4-6-15/h7-8,11,14-15H,3-6,9-10,12-13H2,1-2H3. The Bertz CT molecular complexity index is 429. The topological polar surface area (TPSA) is 3.24 Å². The van der Waals surface area contributed by atoms with Crippen molar-refractivity contribution in [3.05, 3.63) is 34.9 Å². The lowest BCUT2D eigenvalue weighted by Crippen LogP contribution is -2.34. The molecule has 0 amide bonds. The molecule has 0 bridgehead atoms. The van der Waals surface area contributed by atoms with Gasteiger partial charge in [0.1, 0.15) is 0 Å². The van der Waals surface area contributed by atoms with Gasteiger partial charge in [-0.25, -0.2) is 0 Å². The van der Waals surface area contributed by atoms with Gasteiger partial charge in [0, 0.05) is 19.6 Å². The number of fused-ring (bicyclic) bond motifs is 1. The van der Waals surface area contributed by atoms with Crippen molar-refractivity contribution in [3.8, 4) is 0 Å². The first-order valence-corrected chi connectivity index (χ1v) is 8.06. The van der Waals surface area contributed by atoms with Crippen LogP contribution in [0.3, 0.4) is 0 Å². The number of benzene rings is 1. The Morgan fingerprint density at radius 1 is 1.16 bits per heavy atom. The summed E-state index contributed by atoms with van der Waals surface area (Å²) in [6, 6.07) is 7.16. The van der Waals surface area contributed by atoms with E-state index in [1.165, 1.54) is 57.3 Å². The van der Waals surface area contributed by atoms with Crippen LogP contribution in [0.2, 0.25) is 0 Å². The maximum absolute atomic E-state index is 2.70. The van der Waals surface area contributed by atoms with Crippen molar-refractivity contribution in [3.63, 3.8) is 0 Å². The van der Waals surface area contributed by atoms with Crippen LogP contribution in [0.4, 0.5) is 0 Å². The molecule has 1 saturated carbocycles. The smallest absolute Gasteiger partial charge is 0.0236 e. The Kier molecular flexibility index (Phi) is 3.93. The summed E-state index contributed by atoms with van der Waals surface area (Å²) < 4.78 is 0. The molecule has 0 unspecified atom stereocenters. The summed E-state index contributed by atoms with van der Waals surface area (Å²) in [6.07, 6.45) is 7.12. The van der Waals surface area contributed by atoms with Gasteiger partial charge >= 0.3 is 0 Å². The molecule has 1 heterocycles. The third-order valence-corrected chi connectivity index (χ3v) is 4.98. The summed E-state index contributed by atoms with van der Waals surface area (Å²) in [5.74, 6) is 1.63. The van der Waals surface area contributed by atoms with Crippen LogP contribution in [-0.2, 0) is 13.0 Å². The van der Waals surface area contributed by atoms with Gasteiger partial charge in [0.25, 0.3) is 0 Å². The van der Waals surface area contributed by atoms with Crippen molar-refractivity contribution in [2.75, 3.05) is 13.1 Å². The highest BCUT2D eigenvalue weighted by Gasteiger charge is 2.22. The lowest BCUT2D eigenvalue weighted by Gasteiger charge is -2.31. The summed E-state index contributed by atoms with van der Waals surface area (Å²) >= 11 is 0. The lowest BCUT2D eigenvalue weighted by molar-refractivity contribution is 0.214. The Balaban J connectivity index is 1.69. The molecule has 0 N–H and O–H groups in total. The fourth-order valence-corrected chi connectivity index (χ4v) is 3.71. The molecule has 3 rings (SSSR count). The van der Waals surface area contributed by atoms with E-state index in [2.05, 4.69) is 36.9 Å². The zero-order chi connectivity index (χ0) is 13.2. The van der Waals surface area contributed by atoms with E-state index in [1.807, 2.05) is 0 Å². The van der Waals surface area contributed by atoms with E-state index in [9.17, 15) is 0 Å². The molecule has 2 aliphatic rings. The van der Waals surface area contributed by atoms with Gasteiger partial charge in [0.2, 0.25) is 0 Å². The van der Waals surface area contributed by atoms with E-state index in [0.717, 1.165) is 5.92 Å². The van der Waals surface area contributed by atoms with Gasteiger partial charge in [0.15, 0.2) is 0 Å². The second kappa shape index (κ2) is 5.66. The first-order chi connectivity index (χ1) is 9.22. The fourth-order valence-electron chi connectivity index (χ4n) is 3.71. The van der Waals surface area contributed by atoms with Crippen LogP contribution < -0.4 is 0 Å². The minimum Gasteiger partial charge on any atom is -0.298 e. The monoisotopic (exact) mass is 257 g/mol. The predicted molar refractivity (Wildman–Crippen MR) is 81.5 cm³/mol. The van der Waals surface area contributed by atoms with Crippen molar-refractivity contribution < 1.29 is 0 Å². The van der Waals surface area contributed by atoms with Crippen LogP contribution in [0.15, 0.2) is 18.2 Å². The van der Waals surface area contributed by atoms with Gasteiger partial charge in [-0.2, -0.15) is 0 Å². The van der Waals surface area contributed by atoms with Crippen molar-refractivity contribution >= 4 is 0 Å². The van der Waals surface area contributed by atoms with Crippen LogP contribution >= 0.6 is 0 Å². The SMILES string of the molecule is CC(C)c1ccc2c(c1)CN(CC1CCCC1)CC2. The van der Waals surface area contributed by atoms with Gasteiger partial charge < -0.3 is 0 Å². The van der Waals surface area contributed by atoms with E-state index >= 15 is 0 Å². The molecule has 1 heteroatoms. The zero-order valence-corrected chi connectivity index (χ0v) is 12.5. The largest absolute Gasteiger partial charge is 0.298 e. The van der Waals surface area contributed by atoms with Gasteiger partial charge in [-0.3, -0.25) is 4.90 Å². The molecule has 1 aromatic carbocycles. The Morgan fingerprint density at radius 2 is 1.95 bits per heavy atom. The fraction of sp³-hybridized carbons (Fsp3) is 0.667. The first kappa shape index (κ1) is 13.2. The van der Waals surface area contributed by atoms with Crippen molar-refractivity contribution in [2.24, 2.45) is 5.92 Å². The third kappa shape index (κ3) is 3.02. The molecule has 1 fully saturated rings. The molecule has 1 nitrogen and oxygen atoms in total. The maximum atomic E-state index is 2.70. The molecule has 1 aromatic rings. The quantitative estimate of drug-likeness (QED) is 0.777. The number of hydrogen-bond donors (Lipinski definition) is 0. The van der Waals surface area contributed by atoms with Crippen molar-refractivity contribution in [1.82, 2.24) is 4.90 Å². The number of nitrogens with zero attached hydrogens (tertiary/aromatic N) is 1. The van der Waals surface area contributed by atoms with Gasteiger partial charge in [-0.15, -0.1) is 0 Å². The van der Waals surface area contributed by atoms with Gasteiger partial charge in [-0.05, 0) is 47.8 Å². The van der Waals surface area contributed by atoms with Crippen LogP contribution in [0, 0.1) is 5.92 Å². The first-order valence-electron chi connectivity index (χ1n) is 8.06. The summed E-state index contributed by atoms with van der Waals surface area (Å²) in [5, 5.41) is 0. The summed E-state index contributed by atoms with van der Waals surface area (Å²) in [6.45, 7) is 8.38. The minimum atomic E-state index is 0.649. The second-order valence-corrected chi connectivity index (χ2v) is 6.82. The summed E-state index contributed by atoms with van der Waals surface area (Å²) in [7, 11) is 0. The minimum absolute atomic E-state index is 0.649. The van der Waals surface area contributed by atoms with Gasteiger partial charge in [0.05, 0.1) is 0 Å². The highest BCUT2D eigenvalue weighted by molar-refractivity contribution is 5.35. The second-order valence-electron chi connectivity index (χ2n) is 6.82. The van der Waals surface area contributed by atoms with Crippen molar-refractivity contribution in [1.29, 1.82) is 0 Å². The molecular formula is C18H27N. The molecule has 0 radical (unpaired) electrons. The zero-order valence-electron chi connectivity index (χ0n) is 12.5. The normalized spacial score (nSPS) is 21.0. The Morgan fingerprint density at radius 3 is 2.68 bits per heavy atom. The summed E-state index contributed by atoms with van der Waals surface area (Å²) in [5.41, 5.74) is 4.68. The highest BCUT2D eigenvalue weighted by Crippen LogP contribution is 2.29. The molecule has 1 aliphatic carbocycles. The van der Waals surface area contributed by atoms with E-state index in [1.54, 1.807) is 11.1 Å². The van der Waals surface area contributed by atoms with Crippen LogP contribution in [0.25, 0.3) is 0 Å². The lowest BCUT2D eigenvalue weighted by atomic mass is 9.93. The Hall–Kier alpha value is -0.820. The molecular weight excluding hydrogens is 230 g/mol. The molecule has 19 heavy (non-hydrogen) atoms. The highest BCUT2D eigenvalue weighted by atomic mass is 15.1. The molecule has 0 aromatic heterocycles. The number of rotatable bonds is 3. The molecule has 0 atom stereocenters. The average Bonchev–Trinajstić information content (AvgIpc) is 2.90. The summed E-state index contributed by atoms with van der Waals surface area (Å²) in [4.78, 5) is 2.70. The average molecular weight is 257 g/mol. The molecule has 104 valence electrons. The van der Waals surface area contributed by atoms with Crippen LogP contribution in [-0.4, -0.2) is 18.0 Å². The van der Waals surface area contributed by atoms with Crippen LogP contribution in [0.5, 0.6) is 0 Å². The van der Waals surface area contributed by atoms with E-state index in [4.69, 9.17) is 0 Å². The maximum Gasteiger partial charge on any atom is 0.0236 e. The van der Waals surface area contributed by atoms with Crippen molar-refractivity contribution in [2.45, 2.75) is 58.4 Å². The predicted octanol–water partition coefficient (Wildman–Crippen LogP) is 4.36. The molecule has 1 aliphatic heterocycles. The third-order valence-electron chi connectivity index (χ3n) is 4.98. The van der Waals surface area contributed by atoms with E-state index in [-0.39, 0.29) is 0 Å². The van der Waals surface area contributed by atoms with Gasteiger partial charge in [-0.1, -0.05) is 44.9 Å². The van der Waals surface area contributed by atoms with E-state index in [0.29, 0.717) is 5.92 Å².